The second-order valence-electron chi connectivity index (χ2n) is 5.59. The van der Waals surface area contributed by atoms with Crippen LogP contribution >= 0.6 is 11.3 Å². The Morgan fingerprint density at radius 3 is 2.82 bits per heavy atom. The quantitative estimate of drug-likeness (QED) is 0.783. The number of carbonyl (C=O) groups excluding carboxylic acids is 1. The minimum absolute atomic E-state index is 0.0951. The van der Waals surface area contributed by atoms with Crippen LogP contribution in [-0.2, 0) is 11.2 Å². The summed E-state index contributed by atoms with van der Waals surface area (Å²) >= 11 is 1.62. The van der Waals surface area contributed by atoms with E-state index in [9.17, 15) is 4.79 Å². The highest BCUT2D eigenvalue weighted by atomic mass is 32.1. The third-order valence-electron chi connectivity index (χ3n) is 3.41. The van der Waals surface area contributed by atoms with Crippen molar-refractivity contribution >= 4 is 22.2 Å². The highest BCUT2D eigenvalue weighted by Crippen LogP contribution is 2.24. The van der Waals surface area contributed by atoms with Crippen molar-refractivity contribution in [1.29, 1.82) is 0 Å². The van der Waals surface area contributed by atoms with E-state index in [-0.39, 0.29) is 11.9 Å². The van der Waals surface area contributed by atoms with Crippen LogP contribution in [0.3, 0.4) is 0 Å². The Morgan fingerprint density at radius 1 is 1.32 bits per heavy atom. The molecule has 1 aromatic carbocycles. The first kappa shape index (κ1) is 14.8. The minimum Gasteiger partial charge on any atom is -0.354 e. The maximum Gasteiger partial charge on any atom is 0.220 e. The van der Waals surface area contributed by atoms with Crippen LogP contribution in [-0.4, -0.2) is 21.3 Å². The monoisotopic (exact) mass is 313 g/mol. The number of aromatic nitrogens is 2. The van der Waals surface area contributed by atoms with E-state index in [4.69, 9.17) is 0 Å². The van der Waals surface area contributed by atoms with Gasteiger partial charge < -0.3 is 5.32 Å². The van der Waals surface area contributed by atoms with Gasteiger partial charge in [0.25, 0.3) is 0 Å². The van der Waals surface area contributed by atoms with Gasteiger partial charge in [0.15, 0.2) is 4.96 Å². The molecule has 0 aliphatic carbocycles. The molecule has 0 fully saturated rings. The highest BCUT2D eigenvalue weighted by molar-refractivity contribution is 7.15. The molecule has 0 unspecified atom stereocenters. The molecule has 114 valence electrons. The fraction of sp³-hybridized carbons (Fsp3) is 0.294. The summed E-state index contributed by atoms with van der Waals surface area (Å²) in [4.78, 5) is 17.4. The lowest BCUT2D eigenvalue weighted by atomic mass is 10.2. The average Bonchev–Trinajstić information content (AvgIpc) is 3.06. The number of amides is 1. The number of fused-ring (bicyclic) bond motifs is 1. The molecule has 0 radical (unpaired) electrons. The zero-order chi connectivity index (χ0) is 15.5. The van der Waals surface area contributed by atoms with Crippen molar-refractivity contribution in [3.8, 4) is 11.3 Å². The number of rotatable bonds is 5. The van der Waals surface area contributed by atoms with Crippen LogP contribution < -0.4 is 5.32 Å². The molecule has 22 heavy (non-hydrogen) atoms. The summed E-state index contributed by atoms with van der Waals surface area (Å²) in [5, 5.41) is 5.01. The molecule has 0 saturated heterocycles. The zero-order valence-electron chi connectivity index (χ0n) is 12.7. The van der Waals surface area contributed by atoms with E-state index in [1.54, 1.807) is 11.3 Å². The molecule has 3 aromatic rings. The van der Waals surface area contributed by atoms with Crippen molar-refractivity contribution in [2.45, 2.75) is 32.7 Å². The summed E-state index contributed by atoms with van der Waals surface area (Å²) in [6.07, 6.45) is 3.28. The van der Waals surface area contributed by atoms with Gasteiger partial charge in [-0.15, -0.1) is 11.3 Å². The van der Waals surface area contributed by atoms with Crippen LogP contribution in [0.25, 0.3) is 16.2 Å². The second kappa shape index (κ2) is 6.32. The van der Waals surface area contributed by atoms with Crippen molar-refractivity contribution in [2.24, 2.45) is 0 Å². The maximum absolute atomic E-state index is 11.8. The maximum atomic E-state index is 11.8. The number of aryl methyl sites for hydroxylation is 1. The zero-order valence-corrected chi connectivity index (χ0v) is 13.6. The number of carbonyl (C=O) groups is 1. The molecule has 1 N–H and O–H groups in total. The van der Waals surface area contributed by atoms with Gasteiger partial charge in [-0.3, -0.25) is 9.20 Å². The van der Waals surface area contributed by atoms with Gasteiger partial charge in [0.1, 0.15) is 0 Å². The summed E-state index contributed by atoms with van der Waals surface area (Å²) in [6.45, 7) is 3.95. The van der Waals surface area contributed by atoms with Crippen molar-refractivity contribution in [3.63, 3.8) is 0 Å². The van der Waals surface area contributed by atoms with Crippen molar-refractivity contribution < 1.29 is 4.79 Å². The number of nitrogens with one attached hydrogen (secondary N) is 1. The lowest BCUT2D eigenvalue weighted by molar-refractivity contribution is -0.121. The molecule has 0 aliphatic heterocycles. The topological polar surface area (TPSA) is 46.4 Å². The van der Waals surface area contributed by atoms with E-state index in [0.29, 0.717) is 6.42 Å². The number of thiazole rings is 1. The first-order valence-electron chi connectivity index (χ1n) is 7.44. The molecule has 0 bridgehead atoms. The first-order chi connectivity index (χ1) is 10.6. The molecule has 0 spiro atoms. The van der Waals surface area contributed by atoms with Crippen molar-refractivity contribution in [2.75, 3.05) is 0 Å². The molecule has 2 heterocycles. The molecule has 5 heteroatoms. The van der Waals surface area contributed by atoms with Gasteiger partial charge in [-0.25, -0.2) is 4.98 Å². The predicted molar refractivity (Wildman–Crippen MR) is 90.1 cm³/mol. The van der Waals surface area contributed by atoms with Gasteiger partial charge in [-0.1, -0.05) is 30.3 Å². The van der Waals surface area contributed by atoms with E-state index < -0.39 is 0 Å². The fourth-order valence-corrected chi connectivity index (χ4v) is 3.30. The van der Waals surface area contributed by atoms with Crippen molar-refractivity contribution in [1.82, 2.24) is 14.7 Å². The molecule has 2 aromatic heterocycles. The average molecular weight is 313 g/mol. The number of hydrogen-bond donors (Lipinski definition) is 1. The summed E-state index contributed by atoms with van der Waals surface area (Å²) in [5.41, 5.74) is 3.22. The van der Waals surface area contributed by atoms with Crippen LogP contribution in [0, 0.1) is 0 Å². The second-order valence-corrected chi connectivity index (χ2v) is 6.43. The van der Waals surface area contributed by atoms with Crippen molar-refractivity contribution in [3.05, 3.63) is 47.6 Å². The fourth-order valence-electron chi connectivity index (χ4n) is 2.39. The highest BCUT2D eigenvalue weighted by Gasteiger charge is 2.11. The summed E-state index contributed by atoms with van der Waals surface area (Å²) in [6, 6.07) is 10.3. The number of benzene rings is 1. The van der Waals surface area contributed by atoms with Gasteiger partial charge in [0.05, 0.1) is 5.69 Å². The molecule has 0 atom stereocenters. The van der Waals surface area contributed by atoms with E-state index in [0.717, 1.165) is 28.3 Å². The van der Waals surface area contributed by atoms with Gasteiger partial charge in [-0.2, -0.15) is 0 Å². The molecular weight excluding hydrogens is 294 g/mol. The summed E-state index contributed by atoms with van der Waals surface area (Å²) in [5.74, 6) is 0.0951. The Bertz CT molecular complexity index is 774. The minimum atomic E-state index is 0.0951. The molecule has 4 nitrogen and oxygen atoms in total. The van der Waals surface area contributed by atoms with Gasteiger partial charge in [-0.05, 0) is 20.3 Å². The predicted octanol–water partition coefficient (Wildman–Crippen LogP) is 3.52. The Morgan fingerprint density at radius 2 is 2.09 bits per heavy atom. The van der Waals surface area contributed by atoms with Crippen LogP contribution in [0.5, 0.6) is 0 Å². The lowest BCUT2D eigenvalue weighted by Gasteiger charge is -2.07. The molecule has 1 amide bonds. The Labute approximate surface area is 133 Å². The van der Waals surface area contributed by atoms with Crippen LogP contribution in [0.4, 0.5) is 0 Å². The van der Waals surface area contributed by atoms with Gasteiger partial charge in [0, 0.05) is 35.3 Å². The van der Waals surface area contributed by atoms with E-state index in [2.05, 4.69) is 38.4 Å². The van der Waals surface area contributed by atoms with Crippen LogP contribution in [0.15, 0.2) is 41.9 Å². The lowest BCUT2D eigenvalue weighted by Crippen LogP contribution is -2.30. The third-order valence-corrected chi connectivity index (χ3v) is 4.30. The normalized spacial score (nSPS) is 11.2. The summed E-state index contributed by atoms with van der Waals surface area (Å²) in [7, 11) is 0. The summed E-state index contributed by atoms with van der Waals surface area (Å²) < 4.78 is 2.09. The number of nitrogens with zero attached hydrogens (tertiary/aromatic N) is 2. The Hall–Kier alpha value is -2.14. The molecule has 0 saturated carbocycles. The van der Waals surface area contributed by atoms with Gasteiger partial charge >= 0.3 is 0 Å². The Kier molecular flexibility index (Phi) is 4.24. The standard InChI is InChI=1S/C17H19N3OS/c1-12(2)18-16(21)9-8-14-11-22-17-19-15(10-20(14)17)13-6-4-3-5-7-13/h3-7,10-12H,8-9H2,1-2H3,(H,18,21). The van der Waals surface area contributed by atoms with Crippen LogP contribution in [0.2, 0.25) is 0 Å². The molecular formula is C17H19N3OS. The van der Waals surface area contributed by atoms with E-state index in [1.165, 1.54) is 0 Å². The SMILES string of the molecule is CC(C)NC(=O)CCc1csc2nc(-c3ccccc3)cn12. The molecule has 3 rings (SSSR count). The third kappa shape index (κ3) is 3.20. The Balaban J connectivity index is 1.77. The van der Waals surface area contributed by atoms with Crippen LogP contribution in [0.1, 0.15) is 26.0 Å². The smallest absolute Gasteiger partial charge is 0.220 e. The number of hydrogen-bond acceptors (Lipinski definition) is 3. The number of imidazole rings is 1. The largest absolute Gasteiger partial charge is 0.354 e. The van der Waals surface area contributed by atoms with E-state index in [1.807, 2.05) is 32.0 Å². The molecule has 0 aliphatic rings. The van der Waals surface area contributed by atoms with Gasteiger partial charge in [0.2, 0.25) is 5.91 Å². The first-order valence-corrected chi connectivity index (χ1v) is 8.31. The van der Waals surface area contributed by atoms with E-state index >= 15 is 0 Å².